The Morgan fingerprint density at radius 2 is 2.60 bits per heavy atom. The Bertz CT molecular complexity index is 228. The minimum Gasteiger partial charge on any atom is -0.373 e. The summed E-state index contributed by atoms with van der Waals surface area (Å²) < 4.78 is 0. The average molecular weight is 151 g/mol. The van der Waals surface area contributed by atoms with Gasteiger partial charge in [-0.25, -0.2) is 0 Å². The fourth-order valence-electron chi connectivity index (χ4n) is 0.600. The molecular weight excluding hydrogens is 142 g/mol. The highest BCUT2D eigenvalue weighted by Crippen LogP contribution is 2.10. The van der Waals surface area contributed by atoms with E-state index < -0.39 is 0 Å². The van der Waals surface area contributed by atoms with Crippen LogP contribution in [-0.4, -0.2) is 6.54 Å². The molecule has 52 valence electrons. The van der Waals surface area contributed by atoms with Crippen LogP contribution in [0.5, 0.6) is 0 Å². The van der Waals surface area contributed by atoms with Crippen molar-refractivity contribution in [2.45, 2.75) is 6.92 Å². The van der Waals surface area contributed by atoms with Gasteiger partial charge >= 0.3 is 0 Å². The van der Waals surface area contributed by atoms with E-state index in [1.807, 2.05) is 18.4 Å². The number of hydrogen-bond acceptors (Lipinski definition) is 2. The van der Waals surface area contributed by atoms with Gasteiger partial charge in [0.25, 0.3) is 0 Å². The van der Waals surface area contributed by atoms with Crippen molar-refractivity contribution < 1.29 is 0 Å². The number of thiophene rings is 1. The molecule has 1 nitrogen and oxygen atoms in total. The first-order chi connectivity index (χ1) is 4.93. The Morgan fingerprint density at radius 1 is 1.70 bits per heavy atom. The van der Waals surface area contributed by atoms with Crippen molar-refractivity contribution in [3.8, 4) is 11.8 Å². The fourth-order valence-corrected chi connectivity index (χ4v) is 1.21. The van der Waals surface area contributed by atoms with E-state index >= 15 is 0 Å². The van der Waals surface area contributed by atoms with Gasteiger partial charge in [0.05, 0.1) is 6.54 Å². The van der Waals surface area contributed by atoms with E-state index in [9.17, 15) is 0 Å². The highest BCUT2D eigenvalue weighted by Gasteiger charge is 1.85. The van der Waals surface area contributed by atoms with Gasteiger partial charge in [-0.15, -0.1) is 5.92 Å². The molecule has 2 heteroatoms. The normalized spacial score (nSPS) is 8.10. The van der Waals surface area contributed by atoms with Crippen LogP contribution >= 0.6 is 11.3 Å². The number of nitrogens with one attached hydrogen (secondary N) is 1. The van der Waals surface area contributed by atoms with E-state index in [2.05, 4.69) is 22.5 Å². The maximum Gasteiger partial charge on any atom is 0.0766 e. The molecule has 1 heterocycles. The Balaban J connectivity index is 2.32. The molecule has 1 aromatic heterocycles. The summed E-state index contributed by atoms with van der Waals surface area (Å²) in [6.45, 7) is 2.59. The molecule has 0 saturated carbocycles. The van der Waals surface area contributed by atoms with Crippen LogP contribution in [0.4, 0.5) is 5.69 Å². The largest absolute Gasteiger partial charge is 0.373 e. The van der Waals surface area contributed by atoms with E-state index in [4.69, 9.17) is 0 Å². The molecule has 0 aliphatic rings. The Labute approximate surface area is 65.1 Å². The lowest BCUT2D eigenvalue weighted by molar-refractivity contribution is 1.39. The topological polar surface area (TPSA) is 12.0 Å². The number of anilines is 1. The van der Waals surface area contributed by atoms with E-state index in [0.717, 1.165) is 12.2 Å². The third-order valence-electron chi connectivity index (χ3n) is 1.08. The van der Waals surface area contributed by atoms with E-state index in [1.165, 1.54) is 0 Å². The molecule has 0 amide bonds. The standard InChI is InChI=1S/C8H9NS/c1-2-3-5-9-8-4-6-10-7-8/h4,6-7,9H,5H2,1H3. The first-order valence-electron chi connectivity index (χ1n) is 3.09. The van der Waals surface area contributed by atoms with Crippen LogP contribution in [0.1, 0.15) is 6.92 Å². The van der Waals surface area contributed by atoms with Gasteiger partial charge in [0, 0.05) is 11.1 Å². The first-order valence-corrected chi connectivity index (χ1v) is 4.03. The van der Waals surface area contributed by atoms with E-state index in [-0.39, 0.29) is 0 Å². The van der Waals surface area contributed by atoms with Crippen molar-refractivity contribution in [2.24, 2.45) is 0 Å². The van der Waals surface area contributed by atoms with Crippen LogP contribution in [0.15, 0.2) is 16.8 Å². The lowest BCUT2D eigenvalue weighted by atomic mass is 10.5. The van der Waals surface area contributed by atoms with Crippen LogP contribution in [0.3, 0.4) is 0 Å². The van der Waals surface area contributed by atoms with Gasteiger partial charge in [-0.3, -0.25) is 0 Å². The summed E-state index contributed by atoms with van der Waals surface area (Å²) in [7, 11) is 0. The van der Waals surface area contributed by atoms with Crippen molar-refractivity contribution >= 4 is 17.0 Å². The molecule has 0 aliphatic carbocycles. The second-order valence-corrected chi connectivity index (χ2v) is 2.57. The zero-order chi connectivity index (χ0) is 7.23. The van der Waals surface area contributed by atoms with Crippen molar-refractivity contribution in [1.82, 2.24) is 0 Å². The molecule has 0 radical (unpaired) electrons. The highest BCUT2D eigenvalue weighted by atomic mass is 32.1. The maximum atomic E-state index is 3.16. The van der Waals surface area contributed by atoms with Gasteiger partial charge < -0.3 is 5.32 Å². The summed E-state index contributed by atoms with van der Waals surface area (Å²) in [5, 5.41) is 7.27. The molecule has 1 aromatic rings. The van der Waals surface area contributed by atoms with Gasteiger partial charge in [0.2, 0.25) is 0 Å². The van der Waals surface area contributed by atoms with Crippen molar-refractivity contribution in [2.75, 3.05) is 11.9 Å². The summed E-state index contributed by atoms with van der Waals surface area (Å²) in [4.78, 5) is 0. The van der Waals surface area contributed by atoms with Crippen LogP contribution in [-0.2, 0) is 0 Å². The van der Waals surface area contributed by atoms with Crippen LogP contribution < -0.4 is 5.32 Å². The van der Waals surface area contributed by atoms with Crippen molar-refractivity contribution in [1.29, 1.82) is 0 Å². The molecule has 0 unspecified atom stereocenters. The fraction of sp³-hybridized carbons (Fsp3) is 0.250. The molecule has 0 aromatic carbocycles. The Kier molecular flexibility index (Phi) is 2.85. The lowest BCUT2D eigenvalue weighted by Crippen LogP contribution is -1.95. The second-order valence-electron chi connectivity index (χ2n) is 1.79. The average Bonchev–Trinajstić information content (AvgIpc) is 2.41. The maximum absolute atomic E-state index is 3.16. The predicted octanol–water partition coefficient (Wildman–Crippen LogP) is 2.18. The third-order valence-corrected chi connectivity index (χ3v) is 1.76. The summed E-state index contributed by atoms with van der Waals surface area (Å²) in [6.07, 6.45) is 0. The van der Waals surface area contributed by atoms with Gasteiger partial charge in [-0.2, -0.15) is 11.3 Å². The molecule has 1 rings (SSSR count). The van der Waals surface area contributed by atoms with Crippen molar-refractivity contribution in [3.63, 3.8) is 0 Å². The molecule has 1 N–H and O–H groups in total. The molecule has 10 heavy (non-hydrogen) atoms. The lowest BCUT2D eigenvalue weighted by Gasteiger charge is -1.94. The van der Waals surface area contributed by atoms with Gasteiger partial charge in [0.1, 0.15) is 0 Å². The SMILES string of the molecule is CC#CCNc1ccsc1. The zero-order valence-electron chi connectivity index (χ0n) is 5.85. The minimum absolute atomic E-state index is 0.743. The first kappa shape index (κ1) is 7.17. The van der Waals surface area contributed by atoms with Crippen LogP contribution in [0, 0.1) is 11.8 Å². The van der Waals surface area contributed by atoms with Gasteiger partial charge in [0.15, 0.2) is 0 Å². The summed E-state index contributed by atoms with van der Waals surface area (Å²) >= 11 is 1.69. The molecule has 0 aliphatic heterocycles. The molecule has 0 fully saturated rings. The van der Waals surface area contributed by atoms with Crippen LogP contribution in [0.25, 0.3) is 0 Å². The quantitative estimate of drug-likeness (QED) is 0.639. The van der Waals surface area contributed by atoms with Crippen molar-refractivity contribution in [3.05, 3.63) is 16.8 Å². The molecule has 0 spiro atoms. The molecule has 0 saturated heterocycles. The number of hydrogen-bond donors (Lipinski definition) is 1. The van der Waals surface area contributed by atoms with Gasteiger partial charge in [-0.05, 0) is 18.4 Å². The second kappa shape index (κ2) is 3.97. The predicted molar refractivity (Wildman–Crippen MR) is 46.3 cm³/mol. The smallest absolute Gasteiger partial charge is 0.0766 e. The summed E-state index contributed by atoms with van der Waals surface area (Å²) in [5.74, 6) is 5.75. The molecule has 0 bridgehead atoms. The minimum atomic E-state index is 0.743. The number of rotatable bonds is 2. The summed E-state index contributed by atoms with van der Waals surface area (Å²) in [5.41, 5.74) is 1.16. The molecule has 0 atom stereocenters. The third kappa shape index (κ3) is 2.12. The van der Waals surface area contributed by atoms with Gasteiger partial charge in [-0.1, -0.05) is 5.92 Å². The highest BCUT2D eigenvalue weighted by molar-refractivity contribution is 7.08. The Morgan fingerprint density at radius 3 is 3.20 bits per heavy atom. The monoisotopic (exact) mass is 151 g/mol. The van der Waals surface area contributed by atoms with E-state index in [0.29, 0.717) is 0 Å². The van der Waals surface area contributed by atoms with Crippen LogP contribution in [0.2, 0.25) is 0 Å². The Hall–Kier alpha value is -0.940. The zero-order valence-corrected chi connectivity index (χ0v) is 6.66. The van der Waals surface area contributed by atoms with E-state index in [1.54, 1.807) is 11.3 Å². The summed E-state index contributed by atoms with van der Waals surface area (Å²) in [6, 6.07) is 2.04. The molecular formula is C8H9NS.